The molecule has 0 saturated carbocycles. The van der Waals surface area contributed by atoms with Crippen LogP contribution in [0.15, 0.2) is 0 Å². The monoisotopic (exact) mass is 371 g/mol. The molecule has 0 aromatic heterocycles. The predicted molar refractivity (Wildman–Crippen MR) is 97.7 cm³/mol. The van der Waals surface area contributed by atoms with Gasteiger partial charge in [0.1, 0.15) is 0 Å². The first-order chi connectivity index (χ1) is 12.0. The first-order valence-corrected chi connectivity index (χ1v) is 10.2. The Balaban J connectivity index is 1.49. The minimum atomic E-state index is -0.764. The fourth-order valence-electron chi connectivity index (χ4n) is 3.51. The van der Waals surface area contributed by atoms with E-state index in [9.17, 15) is 14.4 Å². The second-order valence-electron chi connectivity index (χ2n) is 6.83. The fourth-order valence-corrected chi connectivity index (χ4v) is 5.14. The van der Waals surface area contributed by atoms with Gasteiger partial charge in [0.25, 0.3) is 0 Å². The Morgan fingerprint density at radius 1 is 1.24 bits per heavy atom. The number of hydrogen-bond acceptors (Lipinski definition) is 4. The van der Waals surface area contributed by atoms with Crippen LogP contribution in [0, 0.1) is 0 Å². The Morgan fingerprint density at radius 2 is 2.00 bits per heavy atom. The SMILES string of the molecule is CN1C(=O)N[C@H]2CS[C@@H](CCCCC(=O)NCCCCCC(=O)O)[C@H]21. The molecule has 8 heteroatoms. The molecule has 2 rings (SSSR count). The number of nitrogens with one attached hydrogen (secondary N) is 2. The molecule has 0 radical (unpaired) electrons. The highest BCUT2D eigenvalue weighted by atomic mass is 32.2. The zero-order chi connectivity index (χ0) is 18.2. The summed E-state index contributed by atoms with van der Waals surface area (Å²) in [4.78, 5) is 35.7. The summed E-state index contributed by atoms with van der Waals surface area (Å²) in [5, 5.41) is 14.9. The maximum atomic E-state index is 11.8. The van der Waals surface area contributed by atoms with E-state index < -0.39 is 5.97 Å². The van der Waals surface area contributed by atoms with Crippen LogP contribution in [0.25, 0.3) is 0 Å². The van der Waals surface area contributed by atoms with E-state index in [-0.39, 0.29) is 30.4 Å². The molecule has 3 amide bonds. The molecule has 3 N–H and O–H groups in total. The van der Waals surface area contributed by atoms with Crippen molar-refractivity contribution in [1.29, 1.82) is 0 Å². The number of thioether (sulfide) groups is 1. The van der Waals surface area contributed by atoms with Crippen LogP contribution in [0.2, 0.25) is 0 Å². The number of carboxylic acids is 1. The van der Waals surface area contributed by atoms with Gasteiger partial charge in [0.15, 0.2) is 0 Å². The average molecular weight is 372 g/mol. The van der Waals surface area contributed by atoms with Gasteiger partial charge in [-0.2, -0.15) is 11.8 Å². The van der Waals surface area contributed by atoms with E-state index >= 15 is 0 Å². The van der Waals surface area contributed by atoms with E-state index in [1.165, 1.54) is 0 Å². The Morgan fingerprint density at radius 3 is 2.76 bits per heavy atom. The van der Waals surface area contributed by atoms with Crippen molar-refractivity contribution in [2.45, 2.75) is 68.7 Å². The van der Waals surface area contributed by atoms with E-state index in [0.717, 1.165) is 37.9 Å². The van der Waals surface area contributed by atoms with E-state index in [2.05, 4.69) is 10.6 Å². The van der Waals surface area contributed by atoms with Crippen LogP contribution in [0.1, 0.15) is 51.4 Å². The van der Waals surface area contributed by atoms with Crippen LogP contribution in [0.4, 0.5) is 4.79 Å². The first-order valence-electron chi connectivity index (χ1n) is 9.12. The van der Waals surface area contributed by atoms with Gasteiger partial charge in [-0.1, -0.05) is 12.8 Å². The van der Waals surface area contributed by atoms with Crippen molar-refractivity contribution in [3.8, 4) is 0 Å². The number of carboxylic acid groups (broad SMARTS) is 1. The average Bonchev–Trinajstić information content (AvgIpc) is 3.08. The lowest BCUT2D eigenvalue weighted by atomic mass is 10.0. The molecule has 2 aliphatic rings. The van der Waals surface area contributed by atoms with Gasteiger partial charge in [0.2, 0.25) is 5.91 Å². The number of nitrogens with zero attached hydrogens (tertiary/aromatic N) is 1. The third-order valence-electron chi connectivity index (χ3n) is 4.89. The minimum absolute atomic E-state index is 0.0306. The second kappa shape index (κ2) is 9.89. The number of likely N-dealkylation sites (N-methyl/N-ethyl adjacent to an activating group) is 1. The van der Waals surface area contributed by atoms with E-state index in [4.69, 9.17) is 5.11 Å². The molecule has 0 aromatic rings. The van der Waals surface area contributed by atoms with Crippen LogP contribution in [-0.4, -0.2) is 64.6 Å². The molecule has 3 atom stereocenters. The summed E-state index contributed by atoms with van der Waals surface area (Å²) in [6.07, 6.45) is 5.95. The smallest absolute Gasteiger partial charge is 0.317 e. The Bertz CT molecular complexity index is 489. The van der Waals surface area contributed by atoms with E-state index in [1.54, 1.807) is 0 Å². The van der Waals surface area contributed by atoms with Crippen molar-refractivity contribution in [2.24, 2.45) is 0 Å². The normalized spacial score (nSPS) is 24.9. The second-order valence-corrected chi connectivity index (χ2v) is 8.10. The third kappa shape index (κ3) is 6.09. The summed E-state index contributed by atoms with van der Waals surface area (Å²) in [5.74, 6) is 0.290. The summed E-state index contributed by atoms with van der Waals surface area (Å²) in [7, 11) is 1.86. The molecule has 0 spiro atoms. The first kappa shape index (κ1) is 19.9. The molecule has 0 aliphatic carbocycles. The lowest BCUT2D eigenvalue weighted by Crippen LogP contribution is -2.38. The predicted octanol–water partition coefficient (Wildman–Crippen LogP) is 1.82. The quantitative estimate of drug-likeness (QED) is 0.380. The standard InChI is InChI=1S/C17H29N3O4S/c1-20-16-12(19-17(20)24)11-25-13(16)7-4-5-8-14(21)18-10-6-2-3-9-15(22)23/h12-13,16H,2-11H2,1H3,(H,18,21)(H,19,24)(H,22,23)/t12-,13-,16-/m0/s1. The number of carbonyl (C=O) groups excluding carboxylic acids is 2. The zero-order valence-corrected chi connectivity index (χ0v) is 15.6. The maximum Gasteiger partial charge on any atom is 0.317 e. The Kier molecular flexibility index (Phi) is 7.87. The number of aliphatic carboxylic acids is 1. The number of fused-ring (bicyclic) bond motifs is 1. The number of carbonyl (C=O) groups is 3. The number of urea groups is 1. The van der Waals surface area contributed by atoms with Crippen molar-refractivity contribution in [2.75, 3.05) is 19.3 Å². The van der Waals surface area contributed by atoms with E-state index in [0.29, 0.717) is 24.6 Å². The third-order valence-corrected chi connectivity index (χ3v) is 6.39. The van der Waals surface area contributed by atoms with Crippen molar-refractivity contribution in [1.82, 2.24) is 15.5 Å². The number of unbranched alkanes of at least 4 members (excludes halogenated alkanes) is 3. The molecule has 0 aromatic carbocycles. The molecular weight excluding hydrogens is 342 g/mol. The Hall–Kier alpha value is -1.44. The molecule has 2 saturated heterocycles. The fraction of sp³-hybridized carbons (Fsp3) is 0.824. The molecule has 25 heavy (non-hydrogen) atoms. The number of rotatable bonds is 11. The van der Waals surface area contributed by atoms with Gasteiger partial charge in [-0.25, -0.2) is 4.79 Å². The molecule has 0 bridgehead atoms. The summed E-state index contributed by atoms with van der Waals surface area (Å²) in [5.41, 5.74) is 0. The molecular formula is C17H29N3O4S. The number of hydrogen-bond donors (Lipinski definition) is 3. The van der Waals surface area contributed by atoms with Gasteiger partial charge < -0.3 is 20.6 Å². The van der Waals surface area contributed by atoms with Gasteiger partial charge in [-0.3, -0.25) is 9.59 Å². The molecule has 2 heterocycles. The van der Waals surface area contributed by atoms with Crippen LogP contribution in [0.3, 0.4) is 0 Å². The molecule has 2 aliphatic heterocycles. The van der Waals surface area contributed by atoms with Gasteiger partial charge in [-0.05, 0) is 25.7 Å². The maximum absolute atomic E-state index is 11.8. The van der Waals surface area contributed by atoms with Crippen molar-refractivity contribution in [3.63, 3.8) is 0 Å². The Labute approximate surface area is 153 Å². The van der Waals surface area contributed by atoms with Gasteiger partial charge in [0.05, 0.1) is 12.1 Å². The van der Waals surface area contributed by atoms with Crippen LogP contribution < -0.4 is 10.6 Å². The molecule has 0 unspecified atom stereocenters. The topological polar surface area (TPSA) is 98.7 Å². The van der Waals surface area contributed by atoms with Crippen LogP contribution in [0.5, 0.6) is 0 Å². The molecule has 7 nitrogen and oxygen atoms in total. The molecule has 142 valence electrons. The largest absolute Gasteiger partial charge is 0.481 e. The summed E-state index contributed by atoms with van der Waals surface area (Å²) >= 11 is 1.92. The van der Waals surface area contributed by atoms with Gasteiger partial charge in [0, 0.05) is 37.4 Å². The lowest BCUT2D eigenvalue weighted by molar-refractivity contribution is -0.137. The lowest BCUT2D eigenvalue weighted by Gasteiger charge is -2.23. The highest BCUT2D eigenvalue weighted by Crippen LogP contribution is 2.36. The highest BCUT2D eigenvalue weighted by molar-refractivity contribution is 8.00. The summed E-state index contributed by atoms with van der Waals surface area (Å²) in [6.45, 7) is 0.624. The number of amides is 3. The van der Waals surface area contributed by atoms with Crippen molar-refractivity contribution < 1.29 is 19.5 Å². The summed E-state index contributed by atoms with van der Waals surface area (Å²) in [6, 6.07) is 0.595. The van der Waals surface area contributed by atoms with Crippen molar-refractivity contribution >= 4 is 29.7 Å². The van der Waals surface area contributed by atoms with E-state index in [1.807, 2.05) is 23.7 Å². The van der Waals surface area contributed by atoms with Crippen molar-refractivity contribution in [3.05, 3.63) is 0 Å². The van der Waals surface area contributed by atoms with Crippen LogP contribution in [-0.2, 0) is 9.59 Å². The van der Waals surface area contributed by atoms with Crippen LogP contribution >= 0.6 is 11.8 Å². The highest BCUT2D eigenvalue weighted by Gasteiger charge is 2.46. The zero-order valence-electron chi connectivity index (χ0n) is 14.8. The minimum Gasteiger partial charge on any atom is -0.481 e. The summed E-state index contributed by atoms with van der Waals surface area (Å²) < 4.78 is 0. The molecule has 2 fully saturated rings. The van der Waals surface area contributed by atoms with Gasteiger partial charge >= 0.3 is 12.0 Å². The van der Waals surface area contributed by atoms with Gasteiger partial charge in [-0.15, -0.1) is 0 Å².